The molecule has 0 saturated carbocycles. The van der Waals surface area contributed by atoms with E-state index in [-0.39, 0.29) is 12.3 Å². The summed E-state index contributed by atoms with van der Waals surface area (Å²) in [5.74, 6) is 0. The van der Waals surface area contributed by atoms with Crippen LogP contribution in [0.5, 0.6) is 0 Å². The average molecular weight is 279 g/mol. The molecule has 0 amide bonds. The van der Waals surface area contributed by atoms with E-state index in [2.05, 4.69) is 24.1 Å². The van der Waals surface area contributed by atoms with Crippen LogP contribution in [0, 0.1) is 10.1 Å². The number of benzene rings is 1. The minimum Gasteiger partial charge on any atom is -0.391 e. The number of nitrogens with one attached hydrogen (secondary N) is 1. The fourth-order valence-corrected chi connectivity index (χ4v) is 2.57. The summed E-state index contributed by atoms with van der Waals surface area (Å²) in [6, 6.07) is 5.74. The number of aliphatic hydroxyl groups is 1. The number of nitro benzene ring substituents is 1. The van der Waals surface area contributed by atoms with Gasteiger partial charge in [-0.25, -0.2) is 0 Å². The molecule has 0 spiro atoms. The first-order valence-electron chi connectivity index (χ1n) is 6.90. The molecule has 6 nitrogen and oxygen atoms in total. The molecule has 0 aromatic heterocycles. The van der Waals surface area contributed by atoms with E-state index in [4.69, 9.17) is 5.11 Å². The van der Waals surface area contributed by atoms with E-state index in [0.717, 1.165) is 25.2 Å². The lowest BCUT2D eigenvalue weighted by Crippen LogP contribution is -2.31. The molecule has 1 aliphatic heterocycles. The average Bonchev–Trinajstić information content (AvgIpc) is 2.87. The fraction of sp³-hybridized carbons (Fsp3) is 0.571. The Balaban J connectivity index is 2.07. The van der Waals surface area contributed by atoms with E-state index >= 15 is 0 Å². The van der Waals surface area contributed by atoms with Crippen LogP contribution in [0.4, 0.5) is 11.4 Å². The second kappa shape index (κ2) is 6.19. The SMILES string of the molecule is CC(C)N1CCC(Nc2ccc(CO)c([N+](=O)[O-])c2)C1. The molecule has 0 radical (unpaired) electrons. The van der Waals surface area contributed by atoms with Crippen LogP contribution in [-0.2, 0) is 6.61 Å². The third-order valence-electron chi connectivity index (χ3n) is 3.77. The first kappa shape index (κ1) is 14.7. The Kier molecular flexibility index (Phi) is 4.57. The summed E-state index contributed by atoms with van der Waals surface area (Å²) in [7, 11) is 0. The van der Waals surface area contributed by atoms with Gasteiger partial charge >= 0.3 is 0 Å². The predicted octanol–water partition coefficient (Wildman–Crippen LogP) is 1.98. The van der Waals surface area contributed by atoms with Crippen LogP contribution in [-0.4, -0.2) is 40.1 Å². The maximum atomic E-state index is 11.0. The molecule has 6 heteroatoms. The van der Waals surface area contributed by atoms with E-state index < -0.39 is 4.92 Å². The third kappa shape index (κ3) is 3.26. The van der Waals surface area contributed by atoms with Crippen molar-refractivity contribution in [3.8, 4) is 0 Å². The van der Waals surface area contributed by atoms with Crippen molar-refractivity contribution in [2.45, 2.75) is 39.0 Å². The van der Waals surface area contributed by atoms with Gasteiger partial charge in [0.05, 0.1) is 17.1 Å². The summed E-state index contributed by atoms with van der Waals surface area (Å²) in [5.41, 5.74) is 1.05. The predicted molar refractivity (Wildman–Crippen MR) is 77.8 cm³/mol. The monoisotopic (exact) mass is 279 g/mol. The number of aliphatic hydroxyl groups excluding tert-OH is 1. The Morgan fingerprint density at radius 3 is 2.85 bits per heavy atom. The van der Waals surface area contributed by atoms with Crippen molar-refractivity contribution in [1.29, 1.82) is 0 Å². The molecule has 110 valence electrons. The van der Waals surface area contributed by atoms with Gasteiger partial charge in [-0.1, -0.05) is 0 Å². The molecule has 1 aromatic carbocycles. The lowest BCUT2D eigenvalue weighted by atomic mass is 10.1. The minimum absolute atomic E-state index is 0.0313. The Labute approximate surface area is 118 Å². The lowest BCUT2D eigenvalue weighted by molar-refractivity contribution is -0.385. The Morgan fingerprint density at radius 2 is 2.30 bits per heavy atom. The van der Waals surface area contributed by atoms with Crippen molar-refractivity contribution in [1.82, 2.24) is 4.90 Å². The zero-order valence-electron chi connectivity index (χ0n) is 11.9. The van der Waals surface area contributed by atoms with Gasteiger partial charge in [0.25, 0.3) is 5.69 Å². The molecule has 0 bridgehead atoms. The van der Waals surface area contributed by atoms with Gasteiger partial charge in [-0.2, -0.15) is 0 Å². The van der Waals surface area contributed by atoms with E-state index in [9.17, 15) is 10.1 Å². The normalized spacial score (nSPS) is 19.5. The molecule has 1 heterocycles. The molecule has 1 fully saturated rings. The maximum absolute atomic E-state index is 11.0. The van der Waals surface area contributed by atoms with Crippen LogP contribution < -0.4 is 5.32 Å². The zero-order chi connectivity index (χ0) is 14.7. The summed E-state index contributed by atoms with van der Waals surface area (Å²) in [5, 5.41) is 23.4. The number of hydrogen-bond donors (Lipinski definition) is 2. The number of nitrogens with zero attached hydrogens (tertiary/aromatic N) is 2. The summed E-state index contributed by atoms with van der Waals surface area (Å²) >= 11 is 0. The van der Waals surface area contributed by atoms with Gasteiger partial charge in [0.15, 0.2) is 0 Å². The fourth-order valence-electron chi connectivity index (χ4n) is 2.57. The summed E-state index contributed by atoms with van der Waals surface area (Å²) in [6.45, 7) is 6.02. The second-order valence-corrected chi connectivity index (χ2v) is 5.48. The molecule has 1 aromatic rings. The molecular weight excluding hydrogens is 258 g/mol. The first-order valence-corrected chi connectivity index (χ1v) is 6.90. The highest BCUT2D eigenvalue weighted by Gasteiger charge is 2.24. The molecule has 1 unspecified atom stereocenters. The van der Waals surface area contributed by atoms with Crippen molar-refractivity contribution >= 4 is 11.4 Å². The van der Waals surface area contributed by atoms with Gasteiger partial charge in [-0.15, -0.1) is 0 Å². The van der Waals surface area contributed by atoms with Gasteiger partial charge in [0.1, 0.15) is 0 Å². The van der Waals surface area contributed by atoms with Crippen LogP contribution in [0.1, 0.15) is 25.8 Å². The van der Waals surface area contributed by atoms with Crippen molar-refractivity contribution in [3.63, 3.8) is 0 Å². The van der Waals surface area contributed by atoms with Gasteiger partial charge < -0.3 is 10.4 Å². The minimum atomic E-state index is -0.453. The van der Waals surface area contributed by atoms with E-state index in [1.54, 1.807) is 12.1 Å². The van der Waals surface area contributed by atoms with E-state index in [0.29, 0.717) is 17.6 Å². The van der Waals surface area contributed by atoms with Crippen molar-refractivity contribution < 1.29 is 10.0 Å². The van der Waals surface area contributed by atoms with Gasteiger partial charge in [0, 0.05) is 36.9 Å². The highest BCUT2D eigenvalue weighted by Crippen LogP contribution is 2.25. The van der Waals surface area contributed by atoms with Gasteiger partial charge in [0.2, 0.25) is 0 Å². The third-order valence-corrected chi connectivity index (χ3v) is 3.77. The highest BCUT2D eigenvalue weighted by atomic mass is 16.6. The smallest absolute Gasteiger partial charge is 0.276 e. The molecule has 1 atom stereocenters. The molecule has 20 heavy (non-hydrogen) atoms. The molecular formula is C14H21N3O3. The van der Waals surface area contributed by atoms with E-state index in [1.165, 1.54) is 6.07 Å². The summed E-state index contributed by atoms with van der Waals surface area (Å²) in [4.78, 5) is 12.9. The van der Waals surface area contributed by atoms with Crippen molar-refractivity contribution in [2.24, 2.45) is 0 Å². The standard InChI is InChI=1S/C14H21N3O3/c1-10(2)16-6-5-13(8-16)15-12-4-3-11(9-18)14(7-12)17(19)20/h3-4,7,10,13,15,18H,5-6,8-9H2,1-2H3. The Hall–Kier alpha value is -1.66. The number of anilines is 1. The van der Waals surface area contributed by atoms with Gasteiger partial charge in [-0.3, -0.25) is 15.0 Å². The Morgan fingerprint density at radius 1 is 1.55 bits per heavy atom. The number of likely N-dealkylation sites (tertiary alicyclic amines) is 1. The summed E-state index contributed by atoms with van der Waals surface area (Å²) < 4.78 is 0. The van der Waals surface area contributed by atoms with Crippen LogP contribution in [0.2, 0.25) is 0 Å². The zero-order valence-corrected chi connectivity index (χ0v) is 11.9. The molecule has 2 N–H and O–H groups in total. The van der Waals surface area contributed by atoms with Crippen LogP contribution in [0.3, 0.4) is 0 Å². The molecule has 1 saturated heterocycles. The number of hydrogen-bond acceptors (Lipinski definition) is 5. The lowest BCUT2D eigenvalue weighted by Gasteiger charge is -2.20. The topological polar surface area (TPSA) is 78.6 Å². The molecule has 0 aliphatic carbocycles. The summed E-state index contributed by atoms with van der Waals surface area (Å²) in [6.07, 6.45) is 1.04. The first-order chi connectivity index (χ1) is 9.51. The molecule has 1 aliphatic rings. The van der Waals surface area contributed by atoms with Crippen LogP contribution >= 0.6 is 0 Å². The number of nitro groups is 1. The quantitative estimate of drug-likeness (QED) is 0.636. The Bertz CT molecular complexity index is 491. The van der Waals surface area contributed by atoms with E-state index in [1.807, 2.05) is 0 Å². The highest BCUT2D eigenvalue weighted by molar-refractivity contribution is 5.55. The molecule has 2 rings (SSSR count). The van der Waals surface area contributed by atoms with Crippen molar-refractivity contribution in [3.05, 3.63) is 33.9 Å². The largest absolute Gasteiger partial charge is 0.391 e. The van der Waals surface area contributed by atoms with Crippen LogP contribution in [0.25, 0.3) is 0 Å². The number of rotatable bonds is 5. The van der Waals surface area contributed by atoms with Crippen LogP contribution in [0.15, 0.2) is 18.2 Å². The van der Waals surface area contributed by atoms with Gasteiger partial charge in [-0.05, 0) is 32.4 Å². The maximum Gasteiger partial charge on any atom is 0.276 e. The second-order valence-electron chi connectivity index (χ2n) is 5.48. The van der Waals surface area contributed by atoms with Crippen molar-refractivity contribution in [2.75, 3.05) is 18.4 Å².